The Morgan fingerprint density at radius 3 is 2.35 bits per heavy atom. The summed E-state index contributed by atoms with van der Waals surface area (Å²) in [7, 11) is 6.41. The molecule has 1 aromatic rings. The van der Waals surface area contributed by atoms with Gasteiger partial charge in [-0.2, -0.15) is 0 Å². The first-order valence-electron chi connectivity index (χ1n) is 7.22. The summed E-state index contributed by atoms with van der Waals surface area (Å²) in [5.74, 6) is 0. The molecule has 1 aliphatic rings. The molecular formula is C16H25ClN2O. The van der Waals surface area contributed by atoms with Crippen LogP contribution in [0.25, 0.3) is 0 Å². The molecule has 2 rings (SSSR count). The summed E-state index contributed by atoms with van der Waals surface area (Å²) in [5.41, 5.74) is 2.17. The maximum absolute atomic E-state index is 9.61. The van der Waals surface area contributed by atoms with Crippen molar-refractivity contribution in [2.24, 2.45) is 0 Å². The van der Waals surface area contributed by atoms with Crippen LogP contribution >= 0.6 is 11.6 Å². The van der Waals surface area contributed by atoms with E-state index in [1.807, 2.05) is 18.2 Å². The summed E-state index contributed by atoms with van der Waals surface area (Å²) in [6.07, 6.45) is 3.31. The lowest BCUT2D eigenvalue weighted by atomic mass is 9.75. The molecule has 0 spiro atoms. The third-order valence-electron chi connectivity index (χ3n) is 4.63. The molecule has 0 bridgehead atoms. The lowest BCUT2D eigenvalue weighted by molar-refractivity contribution is 0.0683. The molecule has 4 heteroatoms. The van der Waals surface area contributed by atoms with Crippen LogP contribution in [0.2, 0.25) is 5.02 Å². The smallest absolute Gasteiger partial charge is 0.0762 e. The van der Waals surface area contributed by atoms with Gasteiger partial charge in [-0.25, -0.2) is 0 Å². The van der Waals surface area contributed by atoms with Crippen molar-refractivity contribution in [1.29, 1.82) is 0 Å². The molecule has 1 saturated carbocycles. The molecule has 1 N–H and O–H groups in total. The second-order valence-corrected chi connectivity index (χ2v) is 6.62. The van der Waals surface area contributed by atoms with Gasteiger partial charge in [0.25, 0.3) is 0 Å². The minimum atomic E-state index is -0.480. The highest BCUT2D eigenvalue weighted by Gasteiger charge is 2.40. The number of aliphatic hydroxyl groups excluding tert-OH is 1. The summed E-state index contributed by atoms with van der Waals surface area (Å²) in [6.45, 7) is 2.73. The van der Waals surface area contributed by atoms with Crippen LogP contribution in [0, 0.1) is 0 Å². The molecule has 1 aliphatic carbocycles. The predicted octanol–water partition coefficient (Wildman–Crippen LogP) is 3.31. The summed E-state index contributed by atoms with van der Waals surface area (Å²) in [6, 6.07) is 5.82. The minimum Gasteiger partial charge on any atom is -0.389 e. The molecule has 0 unspecified atom stereocenters. The average Bonchev–Trinajstić information content (AvgIpc) is 2.32. The zero-order chi connectivity index (χ0) is 14.9. The summed E-state index contributed by atoms with van der Waals surface area (Å²) < 4.78 is 0. The van der Waals surface area contributed by atoms with Crippen LogP contribution in [0.5, 0.6) is 0 Å². The van der Waals surface area contributed by atoms with E-state index in [1.54, 1.807) is 6.92 Å². The Kier molecular flexibility index (Phi) is 4.62. The van der Waals surface area contributed by atoms with Gasteiger partial charge in [0.05, 0.1) is 16.8 Å². The Morgan fingerprint density at radius 1 is 1.30 bits per heavy atom. The molecule has 112 valence electrons. The second-order valence-electron chi connectivity index (χ2n) is 6.22. The van der Waals surface area contributed by atoms with Crippen molar-refractivity contribution in [3.8, 4) is 0 Å². The van der Waals surface area contributed by atoms with E-state index in [2.05, 4.69) is 30.9 Å². The van der Waals surface area contributed by atoms with E-state index in [0.29, 0.717) is 5.02 Å². The SMILES string of the molecule is C[C@H](O)c1ccc(N(C)CC2(N(C)C)CCC2)c(Cl)c1. The molecule has 0 heterocycles. The molecule has 3 nitrogen and oxygen atoms in total. The maximum atomic E-state index is 9.61. The van der Waals surface area contributed by atoms with E-state index >= 15 is 0 Å². The Morgan fingerprint density at radius 2 is 1.95 bits per heavy atom. The largest absolute Gasteiger partial charge is 0.389 e. The van der Waals surface area contributed by atoms with Crippen LogP contribution in [-0.4, -0.2) is 43.2 Å². The van der Waals surface area contributed by atoms with E-state index in [4.69, 9.17) is 11.6 Å². The third kappa shape index (κ3) is 2.95. The molecular weight excluding hydrogens is 272 g/mol. The van der Waals surface area contributed by atoms with Gasteiger partial charge in [0, 0.05) is 19.1 Å². The Bertz CT molecular complexity index is 470. The van der Waals surface area contributed by atoms with E-state index in [9.17, 15) is 5.11 Å². The number of halogens is 1. The number of hydrogen-bond acceptors (Lipinski definition) is 3. The molecule has 0 aromatic heterocycles. The number of hydrogen-bond donors (Lipinski definition) is 1. The van der Waals surface area contributed by atoms with E-state index < -0.39 is 6.10 Å². The number of aliphatic hydroxyl groups is 1. The van der Waals surface area contributed by atoms with Gasteiger partial charge in [0.1, 0.15) is 0 Å². The molecule has 20 heavy (non-hydrogen) atoms. The van der Waals surface area contributed by atoms with Crippen molar-refractivity contribution in [2.45, 2.75) is 37.8 Å². The standard InChI is InChI=1S/C16H25ClN2O/c1-12(20)13-6-7-15(14(17)10-13)19(4)11-16(18(2)3)8-5-9-16/h6-7,10,12,20H,5,8-9,11H2,1-4H3/t12-/m0/s1. The second kappa shape index (κ2) is 5.92. The normalized spacial score (nSPS) is 18.8. The Labute approximate surface area is 127 Å². The van der Waals surface area contributed by atoms with Crippen LogP contribution in [0.3, 0.4) is 0 Å². The van der Waals surface area contributed by atoms with Crippen molar-refractivity contribution in [3.63, 3.8) is 0 Å². The zero-order valence-corrected chi connectivity index (χ0v) is 13.6. The van der Waals surface area contributed by atoms with Gasteiger partial charge >= 0.3 is 0 Å². The van der Waals surface area contributed by atoms with Gasteiger partial charge in [0.2, 0.25) is 0 Å². The Balaban J connectivity index is 2.15. The quantitative estimate of drug-likeness (QED) is 0.903. The van der Waals surface area contributed by atoms with Crippen molar-refractivity contribution in [2.75, 3.05) is 32.6 Å². The lowest BCUT2D eigenvalue weighted by Crippen LogP contribution is -2.56. The van der Waals surface area contributed by atoms with Gasteiger partial charge in [-0.3, -0.25) is 0 Å². The third-order valence-corrected chi connectivity index (χ3v) is 4.93. The van der Waals surface area contributed by atoms with Crippen LogP contribution in [0.4, 0.5) is 5.69 Å². The van der Waals surface area contributed by atoms with Crippen LogP contribution in [0.1, 0.15) is 37.9 Å². The van der Waals surface area contributed by atoms with Gasteiger partial charge in [0.15, 0.2) is 0 Å². The number of nitrogens with zero attached hydrogens (tertiary/aromatic N) is 2. The van der Waals surface area contributed by atoms with Crippen molar-refractivity contribution in [3.05, 3.63) is 28.8 Å². The molecule has 0 aliphatic heterocycles. The fourth-order valence-electron chi connectivity index (χ4n) is 2.95. The van der Waals surface area contributed by atoms with Gasteiger partial charge in [-0.05, 0) is 58.0 Å². The van der Waals surface area contributed by atoms with Crippen molar-refractivity contribution in [1.82, 2.24) is 4.90 Å². The molecule has 1 atom stereocenters. The zero-order valence-electron chi connectivity index (χ0n) is 12.9. The monoisotopic (exact) mass is 296 g/mol. The summed E-state index contributed by atoms with van der Waals surface area (Å²) in [4.78, 5) is 4.57. The summed E-state index contributed by atoms with van der Waals surface area (Å²) >= 11 is 6.37. The number of benzene rings is 1. The maximum Gasteiger partial charge on any atom is 0.0762 e. The predicted molar refractivity (Wildman–Crippen MR) is 85.6 cm³/mol. The molecule has 1 fully saturated rings. The van der Waals surface area contributed by atoms with E-state index in [-0.39, 0.29) is 5.54 Å². The first-order chi connectivity index (χ1) is 9.35. The van der Waals surface area contributed by atoms with Crippen molar-refractivity contribution < 1.29 is 5.11 Å². The van der Waals surface area contributed by atoms with Gasteiger partial charge in [-0.15, -0.1) is 0 Å². The highest BCUT2D eigenvalue weighted by molar-refractivity contribution is 6.33. The van der Waals surface area contributed by atoms with Crippen LogP contribution < -0.4 is 4.90 Å². The number of rotatable bonds is 5. The molecule has 0 saturated heterocycles. The van der Waals surface area contributed by atoms with E-state index in [0.717, 1.165) is 17.8 Å². The molecule has 1 aromatic carbocycles. The number of anilines is 1. The fourth-order valence-corrected chi connectivity index (χ4v) is 3.28. The Hall–Kier alpha value is -0.770. The minimum absolute atomic E-state index is 0.279. The van der Waals surface area contributed by atoms with Crippen LogP contribution in [0.15, 0.2) is 18.2 Å². The fraction of sp³-hybridized carbons (Fsp3) is 0.625. The first kappa shape index (κ1) is 15.6. The highest BCUT2D eigenvalue weighted by atomic mass is 35.5. The van der Waals surface area contributed by atoms with Gasteiger partial charge in [-0.1, -0.05) is 17.7 Å². The molecule has 0 amide bonds. The number of likely N-dealkylation sites (N-methyl/N-ethyl adjacent to an activating group) is 2. The van der Waals surface area contributed by atoms with Crippen LogP contribution in [-0.2, 0) is 0 Å². The average molecular weight is 297 g/mol. The lowest BCUT2D eigenvalue weighted by Gasteiger charge is -2.49. The topological polar surface area (TPSA) is 26.7 Å². The highest BCUT2D eigenvalue weighted by Crippen LogP contribution is 2.38. The summed E-state index contributed by atoms with van der Waals surface area (Å²) in [5, 5.41) is 10.3. The molecule has 0 radical (unpaired) electrons. The van der Waals surface area contributed by atoms with E-state index in [1.165, 1.54) is 19.3 Å². The van der Waals surface area contributed by atoms with Gasteiger partial charge < -0.3 is 14.9 Å². The first-order valence-corrected chi connectivity index (χ1v) is 7.59. The van der Waals surface area contributed by atoms with Crippen molar-refractivity contribution >= 4 is 17.3 Å².